The Bertz CT molecular complexity index is 368. The van der Waals surface area contributed by atoms with Crippen LogP contribution in [0.5, 0.6) is 0 Å². The summed E-state index contributed by atoms with van der Waals surface area (Å²) in [4.78, 5) is 22.9. The van der Waals surface area contributed by atoms with Crippen molar-refractivity contribution in [2.45, 2.75) is 38.2 Å². The van der Waals surface area contributed by atoms with E-state index in [1.165, 1.54) is 0 Å². The summed E-state index contributed by atoms with van der Waals surface area (Å²) in [6.45, 7) is 3.99. The molecule has 0 aromatic rings. The van der Waals surface area contributed by atoms with Gasteiger partial charge in [-0.05, 0) is 25.7 Å². The van der Waals surface area contributed by atoms with Crippen molar-refractivity contribution in [1.82, 2.24) is 10.6 Å². The molecule has 1 amide bonds. The smallest absolute Gasteiger partial charge is 0.306 e. The van der Waals surface area contributed by atoms with Gasteiger partial charge in [0.2, 0.25) is 5.91 Å². The van der Waals surface area contributed by atoms with Gasteiger partial charge in [-0.15, -0.1) is 0 Å². The summed E-state index contributed by atoms with van der Waals surface area (Å²) in [5, 5.41) is 15.1. The number of hydrogen-bond donors (Lipinski definition) is 3. The standard InChI is InChI=1S/C14H24N2O4/c1-14(8-15-9-14)20-7-12(17)16-6-10-4-2-3-5-11(10)13(18)19/h10-11,15H,2-9H2,1H3,(H,16,17)(H,18,19). The molecule has 1 saturated heterocycles. The van der Waals surface area contributed by atoms with Gasteiger partial charge in [0.25, 0.3) is 0 Å². The van der Waals surface area contributed by atoms with Crippen LogP contribution in [0.2, 0.25) is 0 Å². The van der Waals surface area contributed by atoms with Crippen molar-refractivity contribution in [3.05, 3.63) is 0 Å². The quantitative estimate of drug-likeness (QED) is 0.656. The van der Waals surface area contributed by atoms with Crippen LogP contribution >= 0.6 is 0 Å². The summed E-state index contributed by atoms with van der Waals surface area (Å²) in [5.41, 5.74) is -0.230. The molecular formula is C14H24N2O4. The predicted octanol–water partition coefficient (Wildman–Crippen LogP) is 0.372. The van der Waals surface area contributed by atoms with Gasteiger partial charge in [0, 0.05) is 19.6 Å². The molecule has 1 aliphatic heterocycles. The zero-order chi connectivity index (χ0) is 14.6. The maximum atomic E-state index is 11.7. The van der Waals surface area contributed by atoms with E-state index < -0.39 is 5.97 Å². The van der Waals surface area contributed by atoms with Crippen molar-refractivity contribution in [3.63, 3.8) is 0 Å². The zero-order valence-electron chi connectivity index (χ0n) is 12.0. The third-order valence-electron chi connectivity index (χ3n) is 4.34. The molecule has 0 radical (unpaired) electrons. The number of hydrogen-bond acceptors (Lipinski definition) is 4. The van der Waals surface area contributed by atoms with Gasteiger partial charge >= 0.3 is 5.97 Å². The normalized spacial score (nSPS) is 28.4. The lowest BCUT2D eigenvalue weighted by atomic mass is 9.79. The van der Waals surface area contributed by atoms with Crippen LogP contribution in [0.3, 0.4) is 0 Å². The number of ether oxygens (including phenoxy) is 1. The van der Waals surface area contributed by atoms with Crippen LogP contribution in [0.25, 0.3) is 0 Å². The minimum atomic E-state index is -0.742. The van der Waals surface area contributed by atoms with Crippen LogP contribution in [-0.2, 0) is 14.3 Å². The number of carbonyl (C=O) groups excluding carboxylic acids is 1. The topological polar surface area (TPSA) is 87.7 Å². The van der Waals surface area contributed by atoms with Crippen LogP contribution in [-0.4, -0.2) is 48.8 Å². The molecule has 6 heteroatoms. The number of rotatable bonds is 6. The van der Waals surface area contributed by atoms with Crippen LogP contribution in [0.1, 0.15) is 32.6 Å². The molecule has 1 aliphatic carbocycles. The lowest BCUT2D eigenvalue weighted by Gasteiger charge is -2.38. The Balaban J connectivity index is 1.70. The molecular weight excluding hydrogens is 260 g/mol. The van der Waals surface area contributed by atoms with E-state index >= 15 is 0 Å². The Morgan fingerprint density at radius 3 is 2.65 bits per heavy atom. The molecule has 1 saturated carbocycles. The molecule has 114 valence electrons. The Labute approximate surface area is 119 Å². The maximum Gasteiger partial charge on any atom is 0.306 e. The monoisotopic (exact) mass is 284 g/mol. The maximum absolute atomic E-state index is 11.7. The molecule has 0 bridgehead atoms. The molecule has 2 atom stereocenters. The molecule has 20 heavy (non-hydrogen) atoms. The fourth-order valence-electron chi connectivity index (χ4n) is 2.89. The predicted molar refractivity (Wildman–Crippen MR) is 73.3 cm³/mol. The lowest BCUT2D eigenvalue weighted by molar-refractivity contribution is -0.145. The molecule has 6 nitrogen and oxygen atoms in total. The van der Waals surface area contributed by atoms with Gasteiger partial charge < -0.3 is 20.5 Å². The Kier molecular flexibility index (Phi) is 4.99. The first-order valence-electron chi connectivity index (χ1n) is 7.34. The average molecular weight is 284 g/mol. The van der Waals surface area contributed by atoms with Crippen LogP contribution in [0, 0.1) is 11.8 Å². The van der Waals surface area contributed by atoms with Gasteiger partial charge in [-0.2, -0.15) is 0 Å². The van der Waals surface area contributed by atoms with Gasteiger partial charge in [0.15, 0.2) is 0 Å². The van der Waals surface area contributed by atoms with Crippen molar-refractivity contribution in [2.75, 3.05) is 26.2 Å². The molecule has 2 rings (SSSR count). The fraction of sp³-hybridized carbons (Fsp3) is 0.857. The van der Waals surface area contributed by atoms with Crippen LogP contribution in [0.15, 0.2) is 0 Å². The summed E-state index contributed by atoms with van der Waals surface area (Å²) < 4.78 is 5.55. The van der Waals surface area contributed by atoms with Gasteiger partial charge in [-0.1, -0.05) is 12.8 Å². The number of carboxylic acid groups (broad SMARTS) is 1. The number of carbonyl (C=O) groups is 2. The Hall–Kier alpha value is -1.14. The second-order valence-corrected chi connectivity index (χ2v) is 6.14. The molecule has 1 heterocycles. The third kappa shape index (κ3) is 3.93. The highest BCUT2D eigenvalue weighted by Gasteiger charge is 2.33. The Morgan fingerprint density at radius 1 is 1.35 bits per heavy atom. The summed E-state index contributed by atoms with van der Waals surface area (Å²) in [5.74, 6) is -1.18. The largest absolute Gasteiger partial charge is 0.481 e. The zero-order valence-corrected chi connectivity index (χ0v) is 12.0. The molecule has 2 fully saturated rings. The highest BCUT2D eigenvalue weighted by atomic mass is 16.5. The van der Waals surface area contributed by atoms with Gasteiger partial charge in [0.1, 0.15) is 6.61 Å². The third-order valence-corrected chi connectivity index (χ3v) is 4.34. The van der Waals surface area contributed by atoms with Crippen molar-refractivity contribution in [3.8, 4) is 0 Å². The van der Waals surface area contributed by atoms with E-state index in [2.05, 4.69) is 10.6 Å². The second-order valence-electron chi connectivity index (χ2n) is 6.14. The van der Waals surface area contributed by atoms with Crippen molar-refractivity contribution < 1.29 is 19.4 Å². The Morgan fingerprint density at radius 2 is 2.05 bits per heavy atom. The first-order valence-corrected chi connectivity index (χ1v) is 7.34. The molecule has 0 aromatic carbocycles. The molecule has 3 N–H and O–H groups in total. The highest BCUT2D eigenvalue weighted by molar-refractivity contribution is 5.77. The first kappa shape index (κ1) is 15.3. The van der Waals surface area contributed by atoms with E-state index in [1.54, 1.807) is 0 Å². The minimum Gasteiger partial charge on any atom is -0.481 e. The van der Waals surface area contributed by atoms with Gasteiger partial charge in [-0.3, -0.25) is 9.59 Å². The van der Waals surface area contributed by atoms with Crippen molar-refractivity contribution in [1.29, 1.82) is 0 Å². The van der Waals surface area contributed by atoms with E-state index in [0.29, 0.717) is 6.54 Å². The highest BCUT2D eigenvalue weighted by Crippen LogP contribution is 2.29. The minimum absolute atomic E-state index is 0.0443. The van der Waals surface area contributed by atoms with Crippen molar-refractivity contribution >= 4 is 11.9 Å². The fourth-order valence-corrected chi connectivity index (χ4v) is 2.89. The lowest BCUT2D eigenvalue weighted by Crippen LogP contribution is -2.59. The van der Waals surface area contributed by atoms with E-state index in [1.807, 2.05) is 6.92 Å². The van der Waals surface area contributed by atoms with Crippen molar-refractivity contribution in [2.24, 2.45) is 11.8 Å². The van der Waals surface area contributed by atoms with Gasteiger partial charge in [0.05, 0.1) is 11.5 Å². The molecule has 2 unspecified atom stereocenters. The number of nitrogens with one attached hydrogen (secondary N) is 2. The van der Waals surface area contributed by atoms with E-state index in [9.17, 15) is 14.7 Å². The van der Waals surface area contributed by atoms with Crippen LogP contribution < -0.4 is 10.6 Å². The van der Waals surface area contributed by atoms with Crippen LogP contribution in [0.4, 0.5) is 0 Å². The summed E-state index contributed by atoms with van der Waals surface area (Å²) in [6, 6.07) is 0. The second kappa shape index (κ2) is 6.54. The molecule has 0 spiro atoms. The van der Waals surface area contributed by atoms with E-state index in [-0.39, 0.29) is 30.0 Å². The summed E-state index contributed by atoms with van der Waals surface area (Å²) in [6.07, 6.45) is 3.61. The van der Waals surface area contributed by atoms with Gasteiger partial charge in [-0.25, -0.2) is 0 Å². The first-order chi connectivity index (χ1) is 9.50. The summed E-state index contributed by atoms with van der Waals surface area (Å²) >= 11 is 0. The SMILES string of the molecule is CC1(OCC(=O)NCC2CCCCC2C(=O)O)CNC1. The summed E-state index contributed by atoms with van der Waals surface area (Å²) in [7, 11) is 0. The van der Waals surface area contributed by atoms with E-state index in [4.69, 9.17) is 4.74 Å². The number of carboxylic acids is 1. The number of amides is 1. The number of aliphatic carboxylic acids is 1. The molecule has 2 aliphatic rings. The van der Waals surface area contributed by atoms with E-state index in [0.717, 1.165) is 38.8 Å². The average Bonchev–Trinajstić information content (AvgIpc) is 2.41. The molecule has 0 aromatic heterocycles.